The minimum Gasteiger partial charge on any atom is -0.307 e. The van der Waals surface area contributed by atoms with Crippen LogP contribution in [-0.2, 0) is 0 Å². The predicted octanol–water partition coefficient (Wildman–Crippen LogP) is 4.01. The number of piperidine rings is 1. The smallest absolute Gasteiger partial charge is 0.0406 e. The molecule has 0 radical (unpaired) electrons. The van der Waals surface area contributed by atoms with Crippen molar-refractivity contribution in [2.24, 2.45) is 5.92 Å². The number of fused-ring (bicyclic) bond motifs is 2. The summed E-state index contributed by atoms with van der Waals surface area (Å²) in [6, 6.07) is 11.3. The van der Waals surface area contributed by atoms with Crippen molar-refractivity contribution in [2.45, 2.75) is 62.7 Å². The number of hydrogen-bond donors (Lipinski definition) is 1. The van der Waals surface area contributed by atoms with E-state index < -0.39 is 0 Å². The van der Waals surface area contributed by atoms with Crippen molar-refractivity contribution < 1.29 is 0 Å². The lowest BCUT2D eigenvalue weighted by atomic mass is 9.94. The molecule has 2 heterocycles. The van der Waals surface area contributed by atoms with Crippen LogP contribution in [-0.4, -0.2) is 30.1 Å². The highest BCUT2D eigenvalue weighted by molar-refractivity contribution is 6.30. The molecule has 3 fully saturated rings. The SMILES string of the molecule is CN1C2CCC1CC(NC(c1ccc(Cl)cc1)C1CC1)C2. The van der Waals surface area contributed by atoms with Gasteiger partial charge in [-0.3, -0.25) is 0 Å². The van der Waals surface area contributed by atoms with Gasteiger partial charge in [0.15, 0.2) is 0 Å². The van der Waals surface area contributed by atoms with Crippen LogP contribution in [0.15, 0.2) is 24.3 Å². The number of nitrogens with one attached hydrogen (secondary N) is 1. The van der Waals surface area contributed by atoms with Crippen LogP contribution in [0.3, 0.4) is 0 Å². The summed E-state index contributed by atoms with van der Waals surface area (Å²) in [5.41, 5.74) is 1.42. The summed E-state index contributed by atoms with van der Waals surface area (Å²) in [7, 11) is 2.32. The molecule has 4 rings (SSSR count). The zero-order chi connectivity index (χ0) is 14.4. The third-order valence-corrected chi connectivity index (χ3v) is 6.09. The monoisotopic (exact) mass is 304 g/mol. The normalized spacial score (nSPS) is 34.1. The van der Waals surface area contributed by atoms with Gasteiger partial charge in [-0.2, -0.15) is 0 Å². The van der Waals surface area contributed by atoms with Crippen LogP contribution in [0.2, 0.25) is 5.02 Å². The number of rotatable bonds is 4. The highest BCUT2D eigenvalue weighted by atomic mass is 35.5. The summed E-state index contributed by atoms with van der Waals surface area (Å²) in [4.78, 5) is 2.62. The van der Waals surface area contributed by atoms with Gasteiger partial charge in [0.1, 0.15) is 0 Å². The van der Waals surface area contributed by atoms with E-state index in [2.05, 4.69) is 29.4 Å². The lowest BCUT2D eigenvalue weighted by Crippen LogP contribution is -2.48. The Morgan fingerprint density at radius 2 is 1.67 bits per heavy atom. The van der Waals surface area contributed by atoms with Crippen molar-refractivity contribution in [3.8, 4) is 0 Å². The summed E-state index contributed by atoms with van der Waals surface area (Å²) in [5.74, 6) is 0.837. The van der Waals surface area contributed by atoms with Crippen LogP contribution in [0.5, 0.6) is 0 Å². The van der Waals surface area contributed by atoms with Gasteiger partial charge in [0.2, 0.25) is 0 Å². The van der Waals surface area contributed by atoms with Crippen molar-refractivity contribution in [3.05, 3.63) is 34.9 Å². The van der Waals surface area contributed by atoms with E-state index in [1.165, 1.54) is 44.1 Å². The van der Waals surface area contributed by atoms with Gasteiger partial charge in [-0.05, 0) is 69.2 Å². The molecule has 21 heavy (non-hydrogen) atoms. The lowest BCUT2D eigenvalue weighted by Gasteiger charge is -2.38. The Morgan fingerprint density at radius 3 is 2.24 bits per heavy atom. The van der Waals surface area contributed by atoms with Crippen LogP contribution in [0.1, 0.15) is 50.1 Å². The molecule has 3 heteroatoms. The zero-order valence-electron chi connectivity index (χ0n) is 12.8. The molecule has 1 N–H and O–H groups in total. The van der Waals surface area contributed by atoms with Crippen LogP contribution in [0, 0.1) is 5.92 Å². The Labute approximate surface area is 132 Å². The molecule has 2 bridgehead atoms. The van der Waals surface area contributed by atoms with Gasteiger partial charge in [-0.15, -0.1) is 0 Å². The maximum Gasteiger partial charge on any atom is 0.0406 e. The molecule has 1 aromatic carbocycles. The first-order chi connectivity index (χ1) is 10.2. The van der Waals surface area contributed by atoms with Crippen LogP contribution in [0.25, 0.3) is 0 Å². The quantitative estimate of drug-likeness (QED) is 0.904. The Balaban J connectivity index is 1.47. The van der Waals surface area contributed by atoms with E-state index in [0.29, 0.717) is 12.1 Å². The van der Waals surface area contributed by atoms with E-state index in [0.717, 1.165) is 23.0 Å². The number of benzene rings is 1. The van der Waals surface area contributed by atoms with Crippen LogP contribution < -0.4 is 5.32 Å². The summed E-state index contributed by atoms with van der Waals surface area (Å²) < 4.78 is 0. The molecule has 0 spiro atoms. The van der Waals surface area contributed by atoms with Gasteiger partial charge in [0.25, 0.3) is 0 Å². The van der Waals surface area contributed by atoms with Gasteiger partial charge in [-0.25, -0.2) is 0 Å². The maximum atomic E-state index is 6.04. The van der Waals surface area contributed by atoms with Crippen molar-refractivity contribution in [1.82, 2.24) is 10.2 Å². The molecular formula is C18H25ClN2. The largest absolute Gasteiger partial charge is 0.307 e. The summed E-state index contributed by atoms with van der Waals surface area (Å²) in [6.07, 6.45) is 8.19. The fraction of sp³-hybridized carbons (Fsp3) is 0.667. The molecule has 2 nitrogen and oxygen atoms in total. The Kier molecular flexibility index (Phi) is 3.72. The third-order valence-electron chi connectivity index (χ3n) is 5.84. The second-order valence-electron chi connectivity index (χ2n) is 7.25. The van der Waals surface area contributed by atoms with Crippen LogP contribution in [0.4, 0.5) is 0 Å². The molecule has 0 aromatic heterocycles. The topological polar surface area (TPSA) is 15.3 Å². The van der Waals surface area contributed by atoms with Gasteiger partial charge in [0.05, 0.1) is 0 Å². The van der Waals surface area contributed by atoms with E-state index >= 15 is 0 Å². The molecule has 3 atom stereocenters. The predicted molar refractivity (Wildman–Crippen MR) is 87.6 cm³/mol. The fourth-order valence-electron chi connectivity index (χ4n) is 4.41. The van der Waals surface area contributed by atoms with E-state index in [1.54, 1.807) is 0 Å². The Hall–Kier alpha value is -0.570. The summed E-state index contributed by atoms with van der Waals surface area (Å²) in [6.45, 7) is 0. The third kappa shape index (κ3) is 2.86. The van der Waals surface area contributed by atoms with Crippen LogP contribution >= 0.6 is 11.6 Å². The molecule has 2 saturated heterocycles. The fourth-order valence-corrected chi connectivity index (χ4v) is 4.53. The second kappa shape index (κ2) is 5.57. The van der Waals surface area contributed by atoms with Crippen molar-refractivity contribution in [1.29, 1.82) is 0 Å². The highest BCUT2D eigenvalue weighted by Gasteiger charge is 2.41. The van der Waals surface area contributed by atoms with Gasteiger partial charge in [-0.1, -0.05) is 23.7 Å². The molecule has 1 saturated carbocycles. The number of halogens is 1. The van der Waals surface area contributed by atoms with E-state index in [-0.39, 0.29) is 0 Å². The number of nitrogens with zero attached hydrogens (tertiary/aromatic N) is 1. The molecule has 1 aromatic rings. The van der Waals surface area contributed by atoms with Crippen molar-refractivity contribution in [2.75, 3.05) is 7.05 Å². The van der Waals surface area contributed by atoms with E-state index in [9.17, 15) is 0 Å². The van der Waals surface area contributed by atoms with E-state index in [4.69, 9.17) is 11.6 Å². The standard InChI is InChI=1S/C18H25ClN2/c1-21-16-8-9-17(21)11-15(10-16)20-18(12-2-3-12)13-4-6-14(19)7-5-13/h4-7,12,15-18,20H,2-3,8-11H2,1H3. The van der Waals surface area contributed by atoms with Gasteiger partial charge < -0.3 is 10.2 Å². The van der Waals surface area contributed by atoms with Gasteiger partial charge in [0, 0.05) is 29.2 Å². The second-order valence-corrected chi connectivity index (χ2v) is 7.69. The van der Waals surface area contributed by atoms with Crippen molar-refractivity contribution >= 4 is 11.6 Å². The first-order valence-electron chi connectivity index (χ1n) is 8.44. The molecular weight excluding hydrogens is 280 g/mol. The zero-order valence-corrected chi connectivity index (χ0v) is 13.5. The van der Waals surface area contributed by atoms with E-state index in [1.807, 2.05) is 12.1 Å². The molecule has 3 unspecified atom stereocenters. The average molecular weight is 305 g/mol. The van der Waals surface area contributed by atoms with Gasteiger partial charge >= 0.3 is 0 Å². The first kappa shape index (κ1) is 14.0. The molecule has 0 amide bonds. The maximum absolute atomic E-state index is 6.04. The lowest BCUT2D eigenvalue weighted by molar-refractivity contribution is 0.141. The number of hydrogen-bond acceptors (Lipinski definition) is 2. The summed E-state index contributed by atoms with van der Waals surface area (Å²) in [5, 5.41) is 4.84. The minimum atomic E-state index is 0.537. The first-order valence-corrected chi connectivity index (χ1v) is 8.82. The molecule has 114 valence electrons. The Morgan fingerprint density at radius 1 is 1.05 bits per heavy atom. The molecule has 2 aliphatic heterocycles. The highest BCUT2D eigenvalue weighted by Crippen LogP contribution is 2.43. The average Bonchev–Trinajstić information content (AvgIpc) is 3.28. The van der Waals surface area contributed by atoms with Crippen molar-refractivity contribution in [3.63, 3.8) is 0 Å². The molecule has 3 aliphatic rings. The Bertz CT molecular complexity index is 482. The molecule has 1 aliphatic carbocycles. The minimum absolute atomic E-state index is 0.537. The summed E-state index contributed by atoms with van der Waals surface area (Å²) >= 11 is 6.04.